The normalized spacial score (nSPS) is 15.2. The van der Waals surface area contributed by atoms with Crippen molar-refractivity contribution in [1.82, 2.24) is 14.6 Å². The van der Waals surface area contributed by atoms with Gasteiger partial charge in [0, 0.05) is 6.04 Å². The van der Waals surface area contributed by atoms with Gasteiger partial charge in [-0.3, -0.25) is 14.4 Å². The van der Waals surface area contributed by atoms with Crippen LogP contribution < -0.4 is 16.8 Å². The third kappa shape index (κ3) is 4.58. The second-order valence-corrected chi connectivity index (χ2v) is 7.84. The van der Waals surface area contributed by atoms with E-state index in [4.69, 9.17) is 15.9 Å². The molecule has 0 radical (unpaired) electrons. The number of nitrogens with zero attached hydrogens (tertiary/aromatic N) is 2. The summed E-state index contributed by atoms with van der Waals surface area (Å²) in [4.78, 5) is 39.2. The Hall–Kier alpha value is -2.88. The van der Waals surface area contributed by atoms with E-state index in [-0.39, 0.29) is 34.8 Å². The Bertz CT molecular complexity index is 873. The van der Waals surface area contributed by atoms with Gasteiger partial charge in [-0.05, 0) is 42.9 Å². The largest absolute Gasteiger partial charge is 0.467 e. The molecule has 3 amide bonds. The summed E-state index contributed by atoms with van der Waals surface area (Å²) in [7, 11) is 0. The number of primary amides is 1. The second kappa shape index (κ2) is 9.08. The summed E-state index contributed by atoms with van der Waals surface area (Å²) in [5.74, 6) is -0.972. The minimum absolute atomic E-state index is 0.0667. The molecule has 1 atom stereocenters. The van der Waals surface area contributed by atoms with Crippen LogP contribution in [0.4, 0.5) is 5.69 Å². The number of furan rings is 1. The number of aromatic nitrogens is 1. The van der Waals surface area contributed by atoms with Crippen LogP contribution in [0.25, 0.3) is 0 Å². The maximum Gasteiger partial charge on any atom is 0.270 e. The number of hydrogen-bond donors (Lipinski definition) is 3. The molecule has 0 bridgehead atoms. The zero-order chi connectivity index (χ0) is 21.0. The van der Waals surface area contributed by atoms with Crippen molar-refractivity contribution in [3.8, 4) is 0 Å². The predicted molar refractivity (Wildman–Crippen MR) is 108 cm³/mol. The summed E-state index contributed by atoms with van der Waals surface area (Å²) in [6.45, 7) is 1.93. The van der Waals surface area contributed by atoms with Crippen LogP contribution in [-0.4, -0.2) is 39.1 Å². The smallest absolute Gasteiger partial charge is 0.270 e. The average molecular weight is 420 g/mol. The minimum atomic E-state index is -0.804. The van der Waals surface area contributed by atoms with Crippen LogP contribution in [-0.2, 0) is 11.3 Å². The number of anilines is 1. The van der Waals surface area contributed by atoms with Gasteiger partial charge in [0.2, 0.25) is 5.91 Å². The van der Waals surface area contributed by atoms with Gasteiger partial charge in [-0.1, -0.05) is 19.8 Å². The van der Waals surface area contributed by atoms with E-state index in [1.807, 2.05) is 6.92 Å². The first-order valence-electron chi connectivity index (χ1n) is 9.61. The molecule has 156 valence electrons. The summed E-state index contributed by atoms with van der Waals surface area (Å²) in [5.41, 5.74) is 11.0. The van der Waals surface area contributed by atoms with Gasteiger partial charge in [-0.25, -0.2) is 0 Å². The number of nitrogens with two attached hydrogens (primary N) is 2. The monoisotopic (exact) mass is 419 g/mol. The van der Waals surface area contributed by atoms with E-state index in [0.717, 1.165) is 37.2 Å². The van der Waals surface area contributed by atoms with E-state index in [1.165, 1.54) is 11.2 Å². The van der Waals surface area contributed by atoms with Gasteiger partial charge in [0.05, 0.1) is 18.5 Å². The van der Waals surface area contributed by atoms with Crippen LogP contribution in [0.2, 0.25) is 0 Å². The fraction of sp³-hybridized carbons (Fsp3) is 0.474. The highest BCUT2D eigenvalue weighted by molar-refractivity contribution is 7.09. The highest BCUT2D eigenvalue weighted by Crippen LogP contribution is 2.26. The number of amides is 3. The third-order valence-electron chi connectivity index (χ3n) is 5.09. The van der Waals surface area contributed by atoms with Crippen LogP contribution in [0.3, 0.4) is 0 Å². The third-order valence-corrected chi connectivity index (χ3v) is 5.94. The molecule has 29 heavy (non-hydrogen) atoms. The average Bonchev–Trinajstić information content (AvgIpc) is 3.43. The topological polar surface area (TPSA) is 145 Å². The van der Waals surface area contributed by atoms with Gasteiger partial charge in [0.1, 0.15) is 16.7 Å². The molecule has 0 aromatic carbocycles. The number of hydrogen-bond acceptors (Lipinski definition) is 7. The maximum atomic E-state index is 13.3. The van der Waals surface area contributed by atoms with Crippen LogP contribution >= 0.6 is 11.5 Å². The molecule has 1 aliphatic carbocycles. The summed E-state index contributed by atoms with van der Waals surface area (Å²) in [5, 5.41) is 3.05. The van der Waals surface area contributed by atoms with E-state index >= 15 is 0 Å². The van der Waals surface area contributed by atoms with Crippen molar-refractivity contribution >= 4 is 34.9 Å². The van der Waals surface area contributed by atoms with Gasteiger partial charge in [-0.2, -0.15) is 4.37 Å². The summed E-state index contributed by atoms with van der Waals surface area (Å²) in [6.07, 6.45) is 5.97. The molecule has 1 fully saturated rings. The number of nitrogen functional groups attached to an aromatic ring is 1. The van der Waals surface area contributed by atoms with E-state index < -0.39 is 17.9 Å². The molecule has 2 aromatic rings. The molecule has 1 aliphatic rings. The number of rotatable bonds is 8. The lowest BCUT2D eigenvalue weighted by atomic mass is 10.1. The van der Waals surface area contributed by atoms with Crippen molar-refractivity contribution in [2.24, 2.45) is 5.73 Å². The van der Waals surface area contributed by atoms with Crippen molar-refractivity contribution in [2.45, 2.75) is 57.7 Å². The molecule has 1 saturated carbocycles. The van der Waals surface area contributed by atoms with Gasteiger partial charge >= 0.3 is 0 Å². The Labute approximate surface area is 172 Å². The molecular formula is C19H25N5O4S. The Kier molecular flexibility index (Phi) is 6.53. The second-order valence-electron chi connectivity index (χ2n) is 7.06. The molecule has 0 spiro atoms. The molecule has 5 N–H and O–H groups in total. The summed E-state index contributed by atoms with van der Waals surface area (Å²) >= 11 is 0.797. The fourth-order valence-electron chi connectivity index (χ4n) is 3.57. The van der Waals surface area contributed by atoms with E-state index in [2.05, 4.69) is 9.69 Å². The highest BCUT2D eigenvalue weighted by Gasteiger charge is 2.34. The van der Waals surface area contributed by atoms with Gasteiger partial charge in [0.15, 0.2) is 5.69 Å². The van der Waals surface area contributed by atoms with Gasteiger partial charge in [-0.15, -0.1) is 0 Å². The molecule has 1 unspecified atom stereocenters. The number of nitrogens with one attached hydrogen (secondary N) is 1. The van der Waals surface area contributed by atoms with Crippen LogP contribution in [0.1, 0.15) is 64.9 Å². The van der Waals surface area contributed by atoms with Crippen LogP contribution in [0.15, 0.2) is 22.8 Å². The molecule has 10 heteroatoms. The zero-order valence-electron chi connectivity index (χ0n) is 16.2. The summed E-state index contributed by atoms with van der Waals surface area (Å²) in [6, 6.07) is 2.86. The van der Waals surface area contributed by atoms with Crippen molar-refractivity contribution in [3.63, 3.8) is 0 Å². The molecule has 0 saturated heterocycles. The predicted octanol–water partition coefficient (Wildman–Crippen LogP) is 1.90. The molecule has 9 nitrogen and oxygen atoms in total. The molecular weight excluding hydrogens is 394 g/mol. The van der Waals surface area contributed by atoms with E-state index in [0.29, 0.717) is 12.2 Å². The Morgan fingerprint density at radius 3 is 2.66 bits per heavy atom. The lowest BCUT2D eigenvalue weighted by molar-refractivity contribution is -0.126. The zero-order valence-corrected chi connectivity index (χ0v) is 17.0. The standard InChI is InChI=1S/C19H25N5O4S/c1-2-13(18(26)22-11-6-3-4-7-11)24(10-12-8-5-9-28-12)19(27)16-14(20)15(17(21)25)23-29-16/h5,8-9,11,13H,2-4,6-7,10,20H2,1H3,(H2,21,25)(H,22,26). The first kappa shape index (κ1) is 20.8. The molecule has 3 rings (SSSR count). The maximum absolute atomic E-state index is 13.3. The molecule has 2 aromatic heterocycles. The Morgan fingerprint density at radius 2 is 2.10 bits per heavy atom. The van der Waals surface area contributed by atoms with Crippen LogP contribution in [0.5, 0.6) is 0 Å². The molecule has 2 heterocycles. The first-order valence-corrected chi connectivity index (χ1v) is 10.4. The summed E-state index contributed by atoms with van der Waals surface area (Å²) < 4.78 is 9.29. The lowest BCUT2D eigenvalue weighted by Crippen LogP contribution is -2.50. The highest BCUT2D eigenvalue weighted by atomic mass is 32.1. The SMILES string of the molecule is CCC(C(=O)NC1CCCC1)N(Cc1ccco1)C(=O)c1snc(C(N)=O)c1N. The quantitative estimate of drug-likeness (QED) is 0.596. The van der Waals surface area contributed by atoms with E-state index in [1.54, 1.807) is 12.1 Å². The van der Waals surface area contributed by atoms with Gasteiger partial charge < -0.3 is 26.1 Å². The van der Waals surface area contributed by atoms with Crippen molar-refractivity contribution in [3.05, 3.63) is 34.7 Å². The Balaban J connectivity index is 1.89. The van der Waals surface area contributed by atoms with Crippen LogP contribution in [0, 0.1) is 0 Å². The van der Waals surface area contributed by atoms with Crippen molar-refractivity contribution in [2.75, 3.05) is 5.73 Å². The number of carbonyl (C=O) groups is 3. The van der Waals surface area contributed by atoms with E-state index in [9.17, 15) is 14.4 Å². The molecule has 0 aliphatic heterocycles. The Morgan fingerprint density at radius 1 is 1.38 bits per heavy atom. The lowest BCUT2D eigenvalue weighted by Gasteiger charge is -2.30. The van der Waals surface area contributed by atoms with Gasteiger partial charge in [0.25, 0.3) is 11.8 Å². The van der Waals surface area contributed by atoms with Crippen molar-refractivity contribution in [1.29, 1.82) is 0 Å². The first-order chi connectivity index (χ1) is 13.9. The van der Waals surface area contributed by atoms with Crippen molar-refractivity contribution < 1.29 is 18.8 Å². The minimum Gasteiger partial charge on any atom is -0.467 e. The number of carbonyl (C=O) groups excluding carboxylic acids is 3. The fourth-order valence-corrected chi connectivity index (χ4v) is 4.33.